The van der Waals surface area contributed by atoms with Crippen LogP contribution in [0.15, 0.2) is 4.90 Å². The third-order valence-electron chi connectivity index (χ3n) is 3.23. The second-order valence-corrected chi connectivity index (χ2v) is 6.12. The minimum absolute atomic E-state index is 0.210. The van der Waals surface area contributed by atoms with Gasteiger partial charge in [-0.15, -0.1) is 11.8 Å². The van der Waals surface area contributed by atoms with Gasteiger partial charge in [0.05, 0.1) is 11.5 Å². The molecule has 1 aromatic rings. The minimum Gasteiger partial charge on any atom is -0.450 e. The molecule has 1 amide bonds. The zero-order valence-electron chi connectivity index (χ0n) is 11.7. The van der Waals surface area contributed by atoms with Gasteiger partial charge in [-0.1, -0.05) is 0 Å². The van der Waals surface area contributed by atoms with Gasteiger partial charge in [-0.3, -0.25) is 0 Å². The Morgan fingerprint density at radius 1 is 1.60 bits per heavy atom. The Kier molecular flexibility index (Phi) is 5.36. The lowest BCUT2D eigenvalue weighted by Gasteiger charge is -2.31. The van der Waals surface area contributed by atoms with Gasteiger partial charge in [-0.05, 0) is 37.6 Å². The highest BCUT2D eigenvalue weighted by atomic mass is 32.2. The van der Waals surface area contributed by atoms with Crippen molar-refractivity contribution in [2.75, 3.05) is 37.0 Å². The molecule has 112 valence electrons. The Hall–Kier alpha value is -1.15. The fourth-order valence-corrected chi connectivity index (χ4v) is 3.80. The van der Waals surface area contributed by atoms with Crippen LogP contribution in [0.25, 0.3) is 0 Å². The van der Waals surface area contributed by atoms with E-state index in [1.807, 2.05) is 13.2 Å². The van der Waals surface area contributed by atoms with Crippen molar-refractivity contribution in [3.8, 4) is 0 Å². The van der Waals surface area contributed by atoms with Crippen LogP contribution in [0.5, 0.6) is 0 Å². The van der Waals surface area contributed by atoms with Crippen LogP contribution in [-0.4, -0.2) is 47.4 Å². The largest absolute Gasteiger partial charge is 0.450 e. The van der Waals surface area contributed by atoms with E-state index in [0.29, 0.717) is 18.5 Å². The number of nitrogen functional groups attached to an aromatic ring is 1. The molecule has 1 aliphatic rings. The summed E-state index contributed by atoms with van der Waals surface area (Å²) in [7, 11) is 0. The van der Waals surface area contributed by atoms with E-state index >= 15 is 0 Å². The Morgan fingerprint density at radius 3 is 2.90 bits per heavy atom. The summed E-state index contributed by atoms with van der Waals surface area (Å²) in [5, 5.41) is 4.52. The van der Waals surface area contributed by atoms with Crippen molar-refractivity contribution in [3.05, 3.63) is 0 Å². The summed E-state index contributed by atoms with van der Waals surface area (Å²) in [6, 6.07) is 0.353. The van der Waals surface area contributed by atoms with Gasteiger partial charge in [0.25, 0.3) is 0 Å². The number of nitrogens with two attached hydrogens (primary N) is 1. The average molecular weight is 316 g/mol. The molecule has 8 heteroatoms. The Labute approximate surface area is 127 Å². The fraction of sp³-hybridized carbons (Fsp3) is 0.667. The molecule has 1 fully saturated rings. The first-order chi connectivity index (χ1) is 9.65. The third-order valence-corrected chi connectivity index (χ3v) is 4.98. The lowest BCUT2D eigenvalue weighted by Crippen LogP contribution is -2.42. The number of piperidine rings is 1. The highest BCUT2D eigenvalue weighted by Crippen LogP contribution is 2.35. The lowest BCUT2D eigenvalue weighted by molar-refractivity contribution is 0.0983. The predicted octanol–water partition coefficient (Wildman–Crippen LogP) is 2.48. The summed E-state index contributed by atoms with van der Waals surface area (Å²) < 4.78 is 9.19. The van der Waals surface area contributed by atoms with Crippen LogP contribution in [0.2, 0.25) is 0 Å². The molecule has 0 aliphatic carbocycles. The molecule has 0 saturated carbocycles. The van der Waals surface area contributed by atoms with Gasteiger partial charge < -0.3 is 20.7 Å². The van der Waals surface area contributed by atoms with Crippen LogP contribution < -0.4 is 11.1 Å². The molecule has 1 aromatic heterocycles. The first kappa shape index (κ1) is 15.2. The molecule has 0 aromatic carbocycles. The number of nitrogens with one attached hydrogen (secondary N) is 1. The van der Waals surface area contributed by atoms with E-state index in [-0.39, 0.29) is 6.09 Å². The summed E-state index contributed by atoms with van der Waals surface area (Å²) in [5.74, 6) is 0.592. The Balaban J connectivity index is 1.86. The van der Waals surface area contributed by atoms with Crippen LogP contribution in [-0.2, 0) is 4.74 Å². The third kappa shape index (κ3) is 3.49. The van der Waals surface area contributed by atoms with Crippen LogP contribution in [0, 0.1) is 0 Å². The number of likely N-dealkylation sites (tertiary alicyclic amines) is 1. The van der Waals surface area contributed by atoms with E-state index in [1.54, 1.807) is 16.7 Å². The van der Waals surface area contributed by atoms with E-state index in [2.05, 4.69) is 9.69 Å². The molecule has 2 heterocycles. The van der Waals surface area contributed by atoms with Crippen LogP contribution in [0.1, 0.15) is 19.8 Å². The number of thioether (sulfide) groups is 1. The maximum absolute atomic E-state index is 11.6. The zero-order valence-corrected chi connectivity index (χ0v) is 13.4. The molecule has 0 atom stereocenters. The molecular formula is C12H20N4O2S2. The molecule has 6 nitrogen and oxygen atoms in total. The SMILES string of the molecule is CCOC(=O)N1CCC(Nc2snc(N)c2SC)CC1. The number of aromatic nitrogens is 1. The van der Waals surface area contributed by atoms with Crippen LogP contribution >= 0.6 is 23.3 Å². The standard InChI is InChI=1S/C12H20N4O2S2/c1-3-18-12(17)16-6-4-8(5-7-16)14-11-9(19-2)10(13)15-20-11/h8,14H,3-7H2,1-2H3,(H2,13,15). The number of anilines is 2. The Bertz CT molecular complexity index is 458. The van der Waals surface area contributed by atoms with Crippen molar-refractivity contribution in [3.63, 3.8) is 0 Å². The summed E-state index contributed by atoms with van der Waals surface area (Å²) >= 11 is 3.00. The molecule has 1 aliphatic heterocycles. The smallest absolute Gasteiger partial charge is 0.409 e. The van der Waals surface area contributed by atoms with Crippen molar-refractivity contribution in [1.29, 1.82) is 0 Å². The second kappa shape index (κ2) is 7.03. The maximum Gasteiger partial charge on any atom is 0.409 e. The predicted molar refractivity (Wildman–Crippen MR) is 83.5 cm³/mol. The summed E-state index contributed by atoms with van der Waals surface area (Å²) in [6.45, 7) is 3.69. The molecule has 0 radical (unpaired) electrons. The minimum atomic E-state index is -0.210. The first-order valence-corrected chi connectivity index (χ1v) is 8.62. The molecule has 1 saturated heterocycles. The Morgan fingerprint density at radius 2 is 2.30 bits per heavy atom. The molecule has 20 heavy (non-hydrogen) atoms. The molecular weight excluding hydrogens is 296 g/mol. The average Bonchev–Trinajstić information content (AvgIpc) is 2.80. The molecule has 0 unspecified atom stereocenters. The van der Waals surface area contributed by atoms with Gasteiger partial charge in [0, 0.05) is 19.1 Å². The fourth-order valence-electron chi connectivity index (χ4n) is 2.19. The van der Waals surface area contributed by atoms with Gasteiger partial charge in [0.1, 0.15) is 5.00 Å². The van der Waals surface area contributed by atoms with Crippen LogP contribution in [0.4, 0.5) is 15.6 Å². The van der Waals surface area contributed by atoms with Crippen molar-refractivity contribution in [2.45, 2.75) is 30.7 Å². The van der Waals surface area contributed by atoms with Crippen molar-refractivity contribution in [2.24, 2.45) is 0 Å². The monoisotopic (exact) mass is 316 g/mol. The van der Waals surface area contributed by atoms with E-state index in [9.17, 15) is 4.79 Å². The summed E-state index contributed by atoms with van der Waals surface area (Å²) in [4.78, 5) is 14.4. The number of amides is 1. The van der Waals surface area contributed by atoms with Crippen molar-refractivity contribution < 1.29 is 9.53 Å². The normalized spacial score (nSPS) is 16.2. The topological polar surface area (TPSA) is 80.5 Å². The van der Waals surface area contributed by atoms with Gasteiger partial charge in [-0.2, -0.15) is 4.37 Å². The van der Waals surface area contributed by atoms with Crippen LogP contribution in [0.3, 0.4) is 0 Å². The zero-order chi connectivity index (χ0) is 14.5. The first-order valence-electron chi connectivity index (χ1n) is 6.63. The lowest BCUT2D eigenvalue weighted by atomic mass is 10.1. The summed E-state index contributed by atoms with van der Waals surface area (Å²) in [6.07, 6.45) is 3.60. The number of hydrogen-bond acceptors (Lipinski definition) is 7. The quantitative estimate of drug-likeness (QED) is 0.831. The summed E-state index contributed by atoms with van der Waals surface area (Å²) in [5.41, 5.74) is 5.82. The number of carbonyl (C=O) groups is 1. The van der Waals surface area contributed by atoms with E-state index in [1.165, 1.54) is 11.5 Å². The molecule has 0 spiro atoms. The van der Waals surface area contributed by atoms with E-state index in [0.717, 1.165) is 35.8 Å². The van der Waals surface area contributed by atoms with Crippen molar-refractivity contribution in [1.82, 2.24) is 9.27 Å². The molecule has 0 bridgehead atoms. The highest BCUT2D eigenvalue weighted by molar-refractivity contribution is 7.99. The second-order valence-electron chi connectivity index (χ2n) is 4.53. The number of rotatable bonds is 4. The van der Waals surface area contributed by atoms with Crippen molar-refractivity contribution >= 4 is 40.2 Å². The molecule has 3 N–H and O–H groups in total. The van der Waals surface area contributed by atoms with Gasteiger partial charge in [0.2, 0.25) is 0 Å². The number of ether oxygens (including phenoxy) is 1. The van der Waals surface area contributed by atoms with E-state index < -0.39 is 0 Å². The maximum atomic E-state index is 11.6. The highest BCUT2D eigenvalue weighted by Gasteiger charge is 2.24. The van der Waals surface area contributed by atoms with Gasteiger partial charge in [-0.25, -0.2) is 4.79 Å². The van der Waals surface area contributed by atoms with E-state index in [4.69, 9.17) is 10.5 Å². The van der Waals surface area contributed by atoms with Gasteiger partial charge >= 0.3 is 6.09 Å². The van der Waals surface area contributed by atoms with Gasteiger partial charge in [0.15, 0.2) is 5.82 Å². The number of nitrogens with zero attached hydrogens (tertiary/aromatic N) is 2. The molecule has 2 rings (SSSR count). The number of carbonyl (C=O) groups excluding carboxylic acids is 1. The number of hydrogen-bond donors (Lipinski definition) is 2.